The molecule has 6 nitrogen and oxygen atoms in total. The average Bonchev–Trinajstić information content (AvgIpc) is 3.09. The molecule has 1 aromatic heterocycles. The molecule has 3 rings (SSSR count). The minimum atomic E-state index is -0.0351. The monoisotopic (exact) mass is 263 g/mol. The summed E-state index contributed by atoms with van der Waals surface area (Å²) in [4.78, 5) is 18.4. The van der Waals surface area contributed by atoms with E-state index in [2.05, 4.69) is 20.5 Å². The zero-order valence-corrected chi connectivity index (χ0v) is 11.4. The molecule has 0 saturated carbocycles. The molecule has 3 heterocycles. The molecule has 2 aliphatic rings. The van der Waals surface area contributed by atoms with Gasteiger partial charge in [-0.05, 0) is 45.1 Å². The van der Waals surface area contributed by atoms with Gasteiger partial charge in [-0.25, -0.2) is 4.98 Å². The number of nitrogens with one attached hydrogen (secondary N) is 2. The van der Waals surface area contributed by atoms with E-state index >= 15 is 0 Å². The van der Waals surface area contributed by atoms with Crippen LogP contribution in [0, 0.1) is 12.8 Å². The van der Waals surface area contributed by atoms with Crippen LogP contribution in [0.5, 0.6) is 0 Å². The second-order valence-electron chi connectivity index (χ2n) is 5.60. The fourth-order valence-corrected chi connectivity index (χ4v) is 3.22. The fraction of sp³-hybridized carbons (Fsp3) is 0.769. The maximum atomic E-state index is 12.3. The Morgan fingerprint density at radius 2 is 2.26 bits per heavy atom. The van der Waals surface area contributed by atoms with Gasteiger partial charge in [0.15, 0.2) is 0 Å². The maximum Gasteiger partial charge on any atom is 0.293 e. The standard InChI is InChI=1S/C13H21N5O/c1-9-15-12(17-16-9)13(19)18-7-3-4-10(8-18)11-5-2-6-14-11/h10-11,14H,2-8H2,1H3,(H,15,16,17). The van der Waals surface area contributed by atoms with Crippen LogP contribution in [0.3, 0.4) is 0 Å². The van der Waals surface area contributed by atoms with Gasteiger partial charge < -0.3 is 10.2 Å². The highest BCUT2D eigenvalue weighted by molar-refractivity contribution is 5.90. The Morgan fingerprint density at radius 3 is 2.95 bits per heavy atom. The molecule has 1 amide bonds. The minimum absolute atomic E-state index is 0.0351. The van der Waals surface area contributed by atoms with E-state index < -0.39 is 0 Å². The summed E-state index contributed by atoms with van der Waals surface area (Å²) in [6.07, 6.45) is 4.80. The molecule has 2 unspecified atom stereocenters. The quantitative estimate of drug-likeness (QED) is 0.824. The summed E-state index contributed by atoms with van der Waals surface area (Å²) < 4.78 is 0. The molecule has 104 valence electrons. The minimum Gasteiger partial charge on any atom is -0.336 e. The molecule has 0 spiro atoms. The number of likely N-dealkylation sites (tertiary alicyclic amines) is 1. The Kier molecular flexibility index (Phi) is 3.50. The van der Waals surface area contributed by atoms with Gasteiger partial charge in [-0.1, -0.05) is 0 Å². The van der Waals surface area contributed by atoms with E-state index in [9.17, 15) is 4.79 Å². The highest BCUT2D eigenvalue weighted by Gasteiger charge is 2.32. The molecule has 0 aliphatic carbocycles. The lowest BCUT2D eigenvalue weighted by atomic mass is 9.90. The number of aryl methyl sites for hydroxylation is 1. The van der Waals surface area contributed by atoms with Crippen LogP contribution in [-0.2, 0) is 0 Å². The number of hydrogen-bond donors (Lipinski definition) is 2. The second kappa shape index (κ2) is 5.28. The van der Waals surface area contributed by atoms with Crippen molar-refractivity contribution in [3.63, 3.8) is 0 Å². The molecule has 2 N–H and O–H groups in total. The Hall–Kier alpha value is -1.43. The Morgan fingerprint density at radius 1 is 1.37 bits per heavy atom. The van der Waals surface area contributed by atoms with Crippen LogP contribution in [-0.4, -0.2) is 51.7 Å². The molecule has 2 aliphatic heterocycles. The largest absolute Gasteiger partial charge is 0.336 e. The molecule has 0 bridgehead atoms. The number of hydrogen-bond acceptors (Lipinski definition) is 4. The van der Waals surface area contributed by atoms with Crippen molar-refractivity contribution in [3.05, 3.63) is 11.6 Å². The number of carbonyl (C=O) groups is 1. The van der Waals surface area contributed by atoms with Crippen LogP contribution in [0.1, 0.15) is 42.1 Å². The summed E-state index contributed by atoms with van der Waals surface area (Å²) in [5.74, 6) is 1.54. The van der Waals surface area contributed by atoms with E-state index in [0.717, 1.165) is 26.1 Å². The average molecular weight is 263 g/mol. The Bertz CT molecular complexity index is 452. The zero-order valence-electron chi connectivity index (χ0n) is 11.4. The topological polar surface area (TPSA) is 73.9 Å². The van der Waals surface area contributed by atoms with E-state index in [1.807, 2.05) is 11.8 Å². The first-order valence-corrected chi connectivity index (χ1v) is 7.15. The summed E-state index contributed by atoms with van der Waals surface area (Å²) in [6, 6.07) is 0.587. The number of H-pyrrole nitrogens is 1. The van der Waals surface area contributed by atoms with Gasteiger partial charge in [-0.3, -0.25) is 9.89 Å². The lowest BCUT2D eigenvalue weighted by Crippen LogP contribution is -2.46. The maximum absolute atomic E-state index is 12.3. The molecule has 2 fully saturated rings. The zero-order chi connectivity index (χ0) is 13.2. The lowest BCUT2D eigenvalue weighted by molar-refractivity contribution is 0.0639. The molecular weight excluding hydrogens is 242 g/mol. The predicted molar refractivity (Wildman–Crippen MR) is 70.8 cm³/mol. The summed E-state index contributed by atoms with van der Waals surface area (Å²) in [7, 11) is 0. The molecule has 6 heteroatoms. The van der Waals surface area contributed by atoms with Gasteiger partial charge in [0.2, 0.25) is 5.82 Å². The number of aromatic nitrogens is 3. The van der Waals surface area contributed by atoms with E-state index in [4.69, 9.17) is 0 Å². The van der Waals surface area contributed by atoms with Crippen LogP contribution >= 0.6 is 0 Å². The van der Waals surface area contributed by atoms with Gasteiger partial charge in [0.1, 0.15) is 5.82 Å². The molecule has 19 heavy (non-hydrogen) atoms. The summed E-state index contributed by atoms with van der Waals surface area (Å²) in [6.45, 7) is 4.60. The smallest absolute Gasteiger partial charge is 0.293 e. The number of carbonyl (C=O) groups excluding carboxylic acids is 1. The van der Waals surface area contributed by atoms with Crippen LogP contribution in [0.2, 0.25) is 0 Å². The van der Waals surface area contributed by atoms with E-state index in [-0.39, 0.29) is 5.91 Å². The highest BCUT2D eigenvalue weighted by Crippen LogP contribution is 2.25. The first-order valence-electron chi connectivity index (χ1n) is 7.15. The van der Waals surface area contributed by atoms with Gasteiger partial charge in [0, 0.05) is 19.1 Å². The molecule has 2 saturated heterocycles. The van der Waals surface area contributed by atoms with Crippen molar-refractivity contribution < 1.29 is 4.79 Å². The van der Waals surface area contributed by atoms with E-state index in [1.165, 1.54) is 19.3 Å². The number of nitrogens with zero attached hydrogens (tertiary/aromatic N) is 3. The summed E-state index contributed by atoms with van der Waals surface area (Å²) >= 11 is 0. The molecule has 1 aromatic rings. The van der Waals surface area contributed by atoms with Gasteiger partial charge in [-0.2, -0.15) is 0 Å². The third-order valence-electron chi connectivity index (χ3n) is 4.20. The SMILES string of the molecule is Cc1nc(C(=O)N2CCCC(C3CCCN3)C2)n[nH]1. The number of amides is 1. The van der Waals surface area contributed by atoms with E-state index in [1.54, 1.807) is 0 Å². The summed E-state index contributed by atoms with van der Waals surface area (Å²) in [5.41, 5.74) is 0. The third-order valence-corrected chi connectivity index (χ3v) is 4.20. The van der Waals surface area contributed by atoms with Crippen LogP contribution < -0.4 is 5.32 Å². The molecule has 0 radical (unpaired) electrons. The van der Waals surface area contributed by atoms with Gasteiger partial charge in [-0.15, -0.1) is 5.10 Å². The number of rotatable bonds is 2. The Balaban J connectivity index is 1.65. The van der Waals surface area contributed by atoms with Crippen molar-refractivity contribution >= 4 is 5.91 Å². The molecule has 2 atom stereocenters. The van der Waals surface area contributed by atoms with Crippen molar-refractivity contribution in [2.24, 2.45) is 5.92 Å². The van der Waals surface area contributed by atoms with Gasteiger partial charge in [0.05, 0.1) is 0 Å². The normalized spacial score (nSPS) is 27.7. The predicted octanol–water partition coefficient (Wildman–Crippen LogP) is 0.717. The highest BCUT2D eigenvalue weighted by atomic mass is 16.2. The fourth-order valence-electron chi connectivity index (χ4n) is 3.22. The first kappa shape index (κ1) is 12.6. The Labute approximate surface area is 113 Å². The lowest BCUT2D eigenvalue weighted by Gasteiger charge is -2.35. The number of aromatic amines is 1. The van der Waals surface area contributed by atoms with Gasteiger partial charge in [0.25, 0.3) is 5.91 Å². The van der Waals surface area contributed by atoms with Crippen LogP contribution in [0.15, 0.2) is 0 Å². The first-order chi connectivity index (χ1) is 9.24. The molecule has 0 aromatic carbocycles. The molecular formula is C13H21N5O. The number of piperidine rings is 1. The van der Waals surface area contributed by atoms with E-state index in [0.29, 0.717) is 23.6 Å². The van der Waals surface area contributed by atoms with Crippen molar-refractivity contribution in [1.29, 1.82) is 0 Å². The second-order valence-corrected chi connectivity index (χ2v) is 5.60. The van der Waals surface area contributed by atoms with Crippen molar-refractivity contribution in [3.8, 4) is 0 Å². The van der Waals surface area contributed by atoms with Crippen molar-refractivity contribution in [2.75, 3.05) is 19.6 Å². The van der Waals surface area contributed by atoms with Crippen molar-refractivity contribution in [2.45, 2.75) is 38.6 Å². The van der Waals surface area contributed by atoms with Crippen LogP contribution in [0.25, 0.3) is 0 Å². The summed E-state index contributed by atoms with van der Waals surface area (Å²) in [5, 5.41) is 10.3. The van der Waals surface area contributed by atoms with Crippen molar-refractivity contribution in [1.82, 2.24) is 25.4 Å². The van der Waals surface area contributed by atoms with Gasteiger partial charge >= 0.3 is 0 Å². The third kappa shape index (κ3) is 2.63. The van der Waals surface area contributed by atoms with Crippen LogP contribution in [0.4, 0.5) is 0 Å².